The first-order valence-corrected chi connectivity index (χ1v) is 8.74. The fourth-order valence-electron chi connectivity index (χ4n) is 3.08. The zero-order valence-corrected chi connectivity index (χ0v) is 14.5. The summed E-state index contributed by atoms with van der Waals surface area (Å²) in [7, 11) is 0. The van der Waals surface area contributed by atoms with Gasteiger partial charge in [0.05, 0.1) is 0 Å². The van der Waals surface area contributed by atoms with Gasteiger partial charge in [0.25, 0.3) is 5.91 Å². The molecule has 1 fully saturated rings. The number of hydrogen-bond donors (Lipinski definition) is 1. The topological polar surface area (TPSA) is 45.2 Å². The second kappa shape index (κ2) is 7.47. The van der Waals surface area contributed by atoms with E-state index in [2.05, 4.69) is 15.2 Å². The van der Waals surface area contributed by atoms with Gasteiger partial charge in [-0.3, -0.25) is 4.79 Å². The highest BCUT2D eigenvalue weighted by Crippen LogP contribution is 2.20. The van der Waals surface area contributed by atoms with Gasteiger partial charge >= 0.3 is 0 Å². The Balaban J connectivity index is 1.77. The largest absolute Gasteiger partial charge is 0.357 e. The number of aromatic nitrogens is 1. The Morgan fingerprint density at radius 1 is 1.04 bits per heavy atom. The van der Waals surface area contributed by atoms with Crippen molar-refractivity contribution in [2.45, 2.75) is 39.5 Å². The summed E-state index contributed by atoms with van der Waals surface area (Å²) in [5.41, 5.74) is 3.50. The highest BCUT2D eigenvalue weighted by molar-refractivity contribution is 6.03. The molecule has 0 radical (unpaired) electrons. The zero-order chi connectivity index (χ0) is 16.9. The first-order valence-electron chi connectivity index (χ1n) is 8.74. The molecule has 1 aromatic heterocycles. The standard InChI is InChI=1S/C20H25N3O/c1-15-10-11-16(2)18(14-15)22-20(24)17-8-7-9-19(21-17)23-12-5-3-4-6-13-23/h7-11,14H,3-6,12-13H2,1-2H3,(H,22,24). The third-order valence-electron chi connectivity index (χ3n) is 4.54. The molecule has 0 aliphatic carbocycles. The lowest BCUT2D eigenvalue weighted by atomic mass is 10.1. The fourth-order valence-corrected chi connectivity index (χ4v) is 3.08. The van der Waals surface area contributed by atoms with Gasteiger partial charge in [-0.15, -0.1) is 0 Å². The lowest BCUT2D eigenvalue weighted by Crippen LogP contribution is -2.26. The van der Waals surface area contributed by atoms with E-state index in [1.165, 1.54) is 25.7 Å². The number of carbonyl (C=O) groups excluding carboxylic acids is 1. The van der Waals surface area contributed by atoms with Crippen LogP contribution in [0.25, 0.3) is 0 Å². The van der Waals surface area contributed by atoms with Crippen LogP contribution in [0.4, 0.5) is 11.5 Å². The predicted octanol–water partition coefficient (Wildman–Crippen LogP) is 4.33. The summed E-state index contributed by atoms with van der Waals surface area (Å²) in [6.45, 7) is 6.06. The van der Waals surface area contributed by atoms with Crippen LogP contribution < -0.4 is 10.2 Å². The molecule has 126 valence electrons. The quantitative estimate of drug-likeness (QED) is 0.914. The van der Waals surface area contributed by atoms with Gasteiger partial charge in [-0.2, -0.15) is 0 Å². The van der Waals surface area contributed by atoms with Crippen LogP contribution in [0, 0.1) is 13.8 Å². The second-order valence-electron chi connectivity index (χ2n) is 6.55. The minimum Gasteiger partial charge on any atom is -0.357 e. The number of pyridine rings is 1. The van der Waals surface area contributed by atoms with Gasteiger partial charge in [0.1, 0.15) is 11.5 Å². The molecule has 1 aromatic carbocycles. The number of aryl methyl sites for hydroxylation is 2. The van der Waals surface area contributed by atoms with Crippen molar-refractivity contribution in [1.82, 2.24) is 4.98 Å². The minimum atomic E-state index is -0.152. The van der Waals surface area contributed by atoms with E-state index < -0.39 is 0 Å². The Morgan fingerprint density at radius 2 is 1.79 bits per heavy atom. The van der Waals surface area contributed by atoms with Crippen molar-refractivity contribution in [3.63, 3.8) is 0 Å². The van der Waals surface area contributed by atoms with E-state index in [4.69, 9.17) is 0 Å². The number of anilines is 2. The molecule has 3 rings (SSSR count). The molecule has 1 aliphatic heterocycles. The molecule has 0 bridgehead atoms. The highest BCUT2D eigenvalue weighted by atomic mass is 16.1. The van der Waals surface area contributed by atoms with Crippen molar-refractivity contribution in [1.29, 1.82) is 0 Å². The Labute approximate surface area is 143 Å². The van der Waals surface area contributed by atoms with E-state index in [0.29, 0.717) is 5.69 Å². The smallest absolute Gasteiger partial charge is 0.274 e. The van der Waals surface area contributed by atoms with Crippen LogP contribution in [0.1, 0.15) is 47.3 Å². The molecule has 4 nitrogen and oxygen atoms in total. The Bertz CT molecular complexity index is 719. The molecular weight excluding hydrogens is 298 g/mol. The van der Waals surface area contributed by atoms with Crippen molar-refractivity contribution < 1.29 is 4.79 Å². The van der Waals surface area contributed by atoms with Crippen molar-refractivity contribution in [2.75, 3.05) is 23.3 Å². The first kappa shape index (κ1) is 16.5. The Hall–Kier alpha value is -2.36. The number of hydrogen-bond acceptors (Lipinski definition) is 3. The first-order chi connectivity index (χ1) is 11.6. The SMILES string of the molecule is Cc1ccc(C)c(NC(=O)c2cccc(N3CCCCCC3)n2)c1. The number of carbonyl (C=O) groups is 1. The van der Waals surface area contributed by atoms with Crippen LogP contribution in [0.2, 0.25) is 0 Å². The van der Waals surface area contributed by atoms with E-state index in [0.717, 1.165) is 35.7 Å². The number of nitrogens with one attached hydrogen (secondary N) is 1. The summed E-state index contributed by atoms with van der Waals surface area (Å²) in [6.07, 6.45) is 4.95. The maximum atomic E-state index is 12.6. The Kier molecular flexibility index (Phi) is 5.14. The maximum Gasteiger partial charge on any atom is 0.274 e. The van der Waals surface area contributed by atoms with Gasteiger partial charge in [0.2, 0.25) is 0 Å². The molecule has 0 unspecified atom stereocenters. The fraction of sp³-hybridized carbons (Fsp3) is 0.400. The molecule has 1 N–H and O–H groups in total. The molecule has 2 aromatic rings. The van der Waals surface area contributed by atoms with Crippen LogP contribution in [0.3, 0.4) is 0 Å². The van der Waals surface area contributed by atoms with Gasteiger partial charge in [-0.25, -0.2) is 4.98 Å². The number of nitrogens with zero attached hydrogens (tertiary/aromatic N) is 2. The van der Waals surface area contributed by atoms with E-state index in [1.807, 2.05) is 44.2 Å². The second-order valence-corrected chi connectivity index (χ2v) is 6.55. The predicted molar refractivity (Wildman–Crippen MR) is 98.8 cm³/mol. The molecule has 1 amide bonds. The van der Waals surface area contributed by atoms with Gasteiger partial charge < -0.3 is 10.2 Å². The van der Waals surface area contributed by atoms with Crippen LogP contribution in [0.15, 0.2) is 36.4 Å². The van der Waals surface area contributed by atoms with Crippen LogP contribution in [-0.4, -0.2) is 24.0 Å². The summed E-state index contributed by atoms with van der Waals surface area (Å²) in [4.78, 5) is 19.5. The molecule has 2 heterocycles. The molecule has 0 saturated carbocycles. The van der Waals surface area contributed by atoms with Crippen molar-refractivity contribution in [3.8, 4) is 0 Å². The normalized spacial score (nSPS) is 15.0. The van der Waals surface area contributed by atoms with Gasteiger partial charge in [0.15, 0.2) is 0 Å². The third-order valence-corrected chi connectivity index (χ3v) is 4.54. The van der Waals surface area contributed by atoms with Crippen molar-refractivity contribution in [3.05, 3.63) is 53.2 Å². The highest BCUT2D eigenvalue weighted by Gasteiger charge is 2.14. The molecule has 1 saturated heterocycles. The summed E-state index contributed by atoms with van der Waals surface area (Å²) in [5.74, 6) is 0.755. The zero-order valence-electron chi connectivity index (χ0n) is 14.5. The summed E-state index contributed by atoms with van der Waals surface area (Å²) in [6, 6.07) is 11.8. The summed E-state index contributed by atoms with van der Waals surface area (Å²) in [5, 5.41) is 2.99. The lowest BCUT2D eigenvalue weighted by Gasteiger charge is -2.21. The van der Waals surface area contributed by atoms with E-state index in [9.17, 15) is 4.79 Å². The lowest BCUT2D eigenvalue weighted by molar-refractivity contribution is 0.102. The Morgan fingerprint density at radius 3 is 2.54 bits per heavy atom. The van der Waals surface area contributed by atoms with Gasteiger partial charge in [-0.05, 0) is 56.0 Å². The maximum absolute atomic E-state index is 12.6. The monoisotopic (exact) mass is 323 g/mol. The molecular formula is C20H25N3O. The van der Waals surface area contributed by atoms with Crippen LogP contribution >= 0.6 is 0 Å². The van der Waals surface area contributed by atoms with E-state index >= 15 is 0 Å². The average molecular weight is 323 g/mol. The van der Waals surface area contributed by atoms with E-state index in [-0.39, 0.29) is 5.91 Å². The van der Waals surface area contributed by atoms with Crippen LogP contribution in [0.5, 0.6) is 0 Å². The third kappa shape index (κ3) is 3.94. The van der Waals surface area contributed by atoms with E-state index in [1.54, 1.807) is 6.07 Å². The number of benzene rings is 1. The summed E-state index contributed by atoms with van der Waals surface area (Å²) >= 11 is 0. The molecule has 0 atom stereocenters. The number of amides is 1. The molecule has 1 aliphatic rings. The average Bonchev–Trinajstić information content (AvgIpc) is 2.87. The summed E-state index contributed by atoms with van der Waals surface area (Å²) < 4.78 is 0. The van der Waals surface area contributed by atoms with Gasteiger partial charge in [-0.1, -0.05) is 31.0 Å². The van der Waals surface area contributed by atoms with Crippen molar-refractivity contribution >= 4 is 17.4 Å². The number of rotatable bonds is 3. The molecule has 4 heteroatoms. The molecule has 24 heavy (non-hydrogen) atoms. The van der Waals surface area contributed by atoms with Crippen LogP contribution in [-0.2, 0) is 0 Å². The molecule has 0 spiro atoms. The van der Waals surface area contributed by atoms with Crippen molar-refractivity contribution in [2.24, 2.45) is 0 Å². The minimum absolute atomic E-state index is 0.152. The van der Waals surface area contributed by atoms with Gasteiger partial charge in [0, 0.05) is 18.8 Å².